The number of carbonyl (C=O) groups excluding carboxylic acids is 2. The summed E-state index contributed by atoms with van der Waals surface area (Å²) in [5.41, 5.74) is 5.33. The second-order valence-corrected chi connectivity index (χ2v) is 12.5. The molecule has 2 saturated heterocycles. The van der Waals surface area contributed by atoms with E-state index in [-0.39, 0.29) is 24.2 Å². The first-order valence-corrected chi connectivity index (χ1v) is 16.8. The predicted octanol–water partition coefficient (Wildman–Crippen LogP) is 6.09. The number of rotatable bonds is 8. The minimum absolute atomic E-state index is 0.0268. The number of nitrogens with one attached hydrogen (secondary N) is 2. The number of amides is 2. The molecular formula is C38H43FN6O3. The average molecular weight is 651 g/mol. The van der Waals surface area contributed by atoms with E-state index in [2.05, 4.69) is 21.9 Å². The Kier molecular flexibility index (Phi) is 10.6. The zero-order chi connectivity index (χ0) is 33.5. The van der Waals surface area contributed by atoms with Gasteiger partial charge in [-0.2, -0.15) is 0 Å². The SMILES string of the molecule is C=CCC(F)Oc1ccc(-c2c[nH]c3c(=Nc4ccc(C(=O)N5CCN(C(=O)C6CCCCNCC6)CC5)c(C)c4)ncccc23)cc1. The van der Waals surface area contributed by atoms with Gasteiger partial charge in [0.2, 0.25) is 12.3 Å². The van der Waals surface area contributed by atoms with E-state index in [1.54, 1.807) is 18.3 Å². The number of hydrogen-bond acceptors (Lipinski definition) is 6. The maximum absolute atomic E-state index is 13.9. The highest BCUT2D eigenvalue weighted by Crippen LogP contribution is 2.29. The molecule has 2 atom stereocenters. The number of piperazine rings is 1. The summed E-state index contributed by atoms with van der Waals surface area (Å²) < 4.78 is 19.2. The fourth-order valence-electron chi connectivity index (χ4n) is 6.54. The molecule has 0 aliphatic carbocycles. The summed E-state index contributed by atoms with van der Waals surface area (Å²) in [6.07, 6.45) is 7.81. The number of hydrogen-bond donors (Lipinski definition) is 2. The van der Waals surface area contributed by atoms with Gasteiger partial charge in [0.15, 0.2) is 5.49 Å². The summed E-state index contributed by atoms with van der Waals surface area (Å²) in [6.45, 7) is 9.58. The quantitative estimate of drug-likeness (QED) is 0.225. The van der Waals surface area contributed by atoms with Gasteiger partial charge in [-0.3, -0.25) is 9.59 Å². The van der Waals surface area contributed by atoms with Crippen molar-refractivity contribution in [2.45, 2.75) is 45.4 Å². The lowest BCUT2D eigenvalue weighted by molar-refractivity contribution is -0.137. The molecule has 250 valence electrons. The average Bonchev–Trinajstić information content (AvgIpc) is 3.39. The molecule has 2 aromatic heterocycles. The Balaban J connectivity index is 1.15. The van der Waals surface area contributed by atoms with Crippen LogP contribution in [0.2, 0.25) is 0 Å². The van der Waals surface area contributed by atoms with Crippen LogP contribution in [-0.2, 0) is 4.79 Å². The third-order valence-electron chi connectivity index (χ3n) is 9.20. The lowest BCUT2D eigenvalue weighted by atomic mass is 9.95. The van der Waals surface area contributed by atoms with E-state index in [1.165, 1.54) is 6.08 Å². The lowest BCUT2D eigenvalue weighted by Crippen LogP contribution is -2.52. The Morgan fingerprint density at radius 2 is 1.85 bits per heavy atom. The Labute approximate surface area is 280 Å². The van der Waals surface area contributed by atoms with Crippen LogP contribution >= 0.6 is 0 Å². The number of nitrogens with zero attached hydrogens (tertiary/aromatic N) is 4. The lowest BCUT2D eigenvalue weighted by Gasteiger charge is -2.37. The fraction of sp³-hybridized carbons (Fsp3) is 0.368. The van der Waals surface area contributed by atoms with Crippen LogP contribution < -0.4 is 15.5 Å². The number of ether oxygens (including phenoxy) is 1. The van der Waals surface area contributed by atoms with Crippen molar-refractivity contribution in [1.29, 1.82) is 0 Å². The normalized spacial score (nSPS) is 18.2. The largest absolute Gasteiger partial charge is 0.460 e. The van der Waals surface area contributed by atoms with E-state index >= 15 is 0 Å². The van der Waals surface area contributed by atoms with E-state index in [9.17, 15) is 14.0 Å². The molecule has 2 aliphatic heterocycles. The van der Waals surface area contributed by atoms with Gasteiger partial charge >= 0.3 is 0 Å². The number of aryl methyl sites for hydroxylation is 1. The molecule has 0 bridgehead atoms. The van der Waals surface area contributed by atoms with E-state index in [0.717, 1.165) is 66.4 Å². The number of H-pyrrole nitrogens is 1. The highest BCUT2D eigenvalue weighted by molar-refractivity contribution is 5.96. The Bertz CT molecular complexity index is 1820. The summed E-state index contributed by atoms with van der Waals surface area (Å²) in [7, 11) is 0. The van der Waals surface area contributed by atoms with E-state index in [0.29, 0.717) is 48.7 Å². The minimum atomic E-state index is -1.43. The number of benzene rings is 2. The highest BCUT2D eigenvalue weighted by Gasteiger charge is 2.29. The van der Waals surface area contributed by atoms with Gasteiger partial charge in [0.1, 0.15) is 5.75 Å². The first-order valence-electron chi connectivity index (χ1n) is 16.8. The summed E-state index contributed by atoms with van der Waals surface area (Å²) >= 11 is 0. The summed E-state index contributed by atoms with van der Waals surface area (Å²) in [4.78, 5) is 43.3. The van der Waals surface area contributed by atoms with Crippen LogP contribution in [0.15, 0.2) is 84.6 Å². The van der Waals surface area contributed by atoms with Crippen LogP contribution in [0.3, 0.4) is 0 Å². The van der Waals surface area contributed by atoms with Gasteiger partial charge in [-0.1, -0.05) is 30.7 Å². The zero-order valence-corrected chi connectivity index (χ0v) is 27.5. The molecule has 2 unspecified atom stereocenters. The van der Waals surface area contributed by atoms with Crippen molar-refractivity contribution in [2.75, 3.05) is 39.3 Å². The maximum Gasteiger partial charge on any atom is 0.254 e. The number of alkyl halides is 1. The molecule has 0 saturated carbocycles. The molecule has 2 aliphatic rings. The molecule has 6 rings (SSSR count). The molecule has 0 spiro atoms. The second kappa shape index (κ2) is 15.4. The van der Waals surface area contributed by atoms with Crippen molar-refractivity contribution in [3.8, 4) is 16.9 Å². The van der Waals surface area contributed by atoms with Crippen molar-refractivity contribution in [1.82, 2.24) is 25.1 Å². The van der Waals surface area contributed by atoms with Crippen LogP contribution in [0, 0.1) is 12.8 Å². The maximum atomic E-state index is 13.9. The third kappa shape index (κ3) is 7.65. The van der Waals surface area contributed by atoms with Crippen LogP contribution in [0.4, 0.5) is 10.1 Å². The molecule has 0 radical (unpaired) electrons. The van der Waals surface area contributed by atoms with Crippen LogP contribution in [0.1, 0.15) is 48.0 Å². The van der Waals surface area contributed by atoms with Crippen LogP contribution in [0.5, 0.6) is 5.75 Å². The summed E-state index contributed by atoms with van der Waals surface area (Å²) in [5.74, 6) is 0.729. The smallest absolute Gasteiger partial charge is 0.254 e. The number of halogens is 1. The van der Waals surface area contributed by atoms with Gasteiger partial charge in [0.25, 0.3) is 5.91 Å². The Hall–Kier alpha value is -4.83. The second-order valence-electron chi connectivity index (χ2n) is 12.5. The van der Waals surface area contributed by atoms with E-state index in [4.69, 9.17) is 9.73 Å². The zero-order valence-electron chi connectivity index (χ0n) is 27.5. The Morgan fingerprint density at radius 3 is 2.62 bits per heavy atom. The first kappa shape index (κ1) is 33.1. The van der Waals surface area contributed by atoms with Crippen molar-refractivity contribution >= 4 is 28.4 Å². The molecule has 9 nitrogen and oxygen atoms in total. The molecule has 2 amide bonds. The van der Waals surface area contributed by atoms with Crippen molar-refractivity contribution in [3.05, 3.63) is 96.3 Å². The van der Waals surface area contributed by atoms with Gasteiger partial charge in [-0.05, 0) is 86.8 Å². The number of aromatic nitrogens is 2. The number of aromatic amines is 1. The molecular weight excluding hydrogens is 607 g/mol. The predicted molar refractivity (Wildman–Crippen MR) is 186 cm³/mol. The number of fused-ring (bicyclic) bond motifs is 1. The van der Waals surface area contributed by atoms with E-state index in [1.807, 2.05) is 65.4 Å². The highest BCUT2D eigenvalue weighted by atomic mass is 19.1. The van der Waals surface area contributed by atoms with Crippen molar-refractivity contribution < 1.29 is 18.7 Å². The van der Waals surface area contributed by atoms with Crippen LogP contribution in [-0.4, -0.2) is 77.2 Å². The fourth-order valence-corrected chi connectivity index (χ4v) is 6.54. The standard InChI is InChI=1S/C38H43FN6O3/c1-3-7-34(39)48-30-13-10-27(11-14-30)33-25-42-35-32(33)9-6-18-41-36(35)43-29-12-15-31(26(2)24-29)38(47)45-22-20-44(21-23-45)37(46)28-8-4-5-17-40-19-16-28/h3,6,9-15,18,24-25,28,34,40,42H,1,4-5,7-8,16-17,19-23H2,2H3. The Morgan fingerprint density at radius 1 is 1.06 bits per heavy atom. The minimum Gasteiger partial charge on any atom is -0.460 e. The molecule has 10 heteroatoms. The van der Waals surface area contributed by atoms with Crippen LogP contribution in [0.25, 0.3) is 22.0 Å². The van der Waals surface area contributed by atoms with Crippen molar-refractivity contribution in [3.63, 3.8) is 0 Å². The number of carbonyl (C=O) groups is 2. The summed E-state index contributed by atoms with van der Waals surface area (Å²) in [5, 5.41) is 4.35. The van der Waals surface area contributed by atoms with Gasteiger partial charge in [-0.15, -0.1) is 6.58 Å². The van der Waals surface area contributed by atoms with Gasteiger partial charge in [0.05, 0.1) is 11.2 Å². The molecule has 2 aromatic carbocycles. The first-order chi connectivity index (χ1) is 23.4. The summed E-state index contributed by atoms with van der Waals surface area (Å²) in [6, 6.07) is 16.7. The van der Waals surface area contributed by atoms with E-state index < -0.39 is 6.36 Å². The molecule has 2 N–H and O–H groups in total. The molecule has 48 heavy (non-hydrogen) atoms. The molecule has 2 fully saturated rings. The monoisotopic (exact) mass is 650 g/mol. The van der Waals surface area contributed by atoms with Gasteiger partial charge in [-0.25, -0.2) is 14.4 Å². The van der Waals surface area contributed by atoms with Gasteiger partial charge in [0, 0.05) is 67.4 Å². The van der Waals surface area contributed by atoms with Crippen molar-refractivity contribution in [2.24, 2.45) is 10.9 Å². The van der Waals surface area contributed by atoms with Gasteiger partial charge < -0.3 is 24.8 Å². The molecule has 4 aromatic rings. The molecule has 4 heterocycles. The topological polar surface area (TPSA) is 103 Å². The third-order valence-corrected chi connectivity index (χ3v) is 9.20.